The van der Waals surface area contributed by atoms with Gasteiger partial charge in [-0.1, -0.05) is 32.9 Å². The molecule has 0 aliphatic carbocycles. The van der Waals surface area contributed by atoms with Gasteiger partial charge in [0.05, 0.1) is 0 Å². The first-order valence-corrected chi connectivity index (χ1v) is 7.29. The van der Waals surface area contributed by atoms with Gasteiger partial charge in [0.1, 0.15) is 5.82 Å². The summed E-state index contributed by atoms with van der Waals surface area (Å²) in [6.07, 6.45) is 5.58. The highest BCUT2D eigenvalue weighted by Crippen LogP contribution is 2.12. The molecule has 0 aliphatic rings. The molecule has 0 fully saturated rings. The largest absolute Gasteiger partial charge is 0.383 e. The molecule has 0 spiro atoms. The predicted molar refractivity (Wildman–Crippen MR) is 88.3 cm³/mol. The molecule has 0 amide bonds. The summed E-state index contributed by atoms with van der Waals surface area (Å²) in [5.74, 6) is 1.31. The van der Waals surface area contributed by atoms with Gasteiger partial charge in [0.15, 0.2) is 0 Å². The number of aryl methyl sites for hydroxylation is 2. The Hall–Kier alpha value is -2.10. The zero-order chi connectivity index (χ0) is 15.8. The molecule has 2 N–H and O–H groups in total. The van der Waals surface area contributed by atoms with E-state index in [1.54, 1.807) is 23.9 Å². The van der Waals surface area contributed by atoms with E-state index in [4.69, 9.17) is 5.73 Å². The zero-order valence-electron chi connectivity index (χ0n) is 13.3. The molecule has 2 aromatic heterocycles. The van der Waals surface area contributed by atoms with E-state index >= 15 is 0 Å². The van der Waals surface area contributed by atoms with Crippen LogP contribution in [0.2, 0.25) is 0 Å². The molecule has 4 heteroatoms. The molecule has 2 heterocycles. The molecule has 114 valence electrons. The number of rotatable bonds is 3. The van der Waals surface area contributed by atoms with Crippen LogP contribution in [-0.4, -0.2) is 9.55 Å². The number of nitrogens with zero attached hydrogens (tertiary/aromatic N) is 2. The highest BCUT2D eigenvalue weighted by molar-refractivity contribution is 5.38. The summed E-state index contributed by atoms with van der Waals surface area (Å²) in [7, 11) is 1.77. The van der Waals surface area contributed by atoms with Crippen molar-refractivity contribution in [2.75, 3.05) is 5.73 Å². The zero-order valence-corrected chi connectivity index (χ0v) is 13.3. The van der Waals surface area contributed by atoms with E-state index in [2.05, 4.69) is 25.8 Å². The van der Waals surface area contributed by atoms with Gasteiger partial charge in [-0.15, -0.1) is 0 Å². The first kappa shape index (κ1) is 17.0. The number of hydrogen-bond acceptors (Lipinski definition) is 3. The molecule has 2 rings (SSSR count). The van der Waals surface area contributed by atoms with Crippen molar-refractivity contribution in [2.45, 2.75) is 33.6 Å². The van der Waals surface area contributed by atoms with Gasteiger partial charge in [-0.2, -0.15) is 0 Å². The molecular formula is C17H25N3O. The predicted octanol–water partition coefficient (Wildman–Crippen LogP) is 2.81. The fourth-order valence-electron chi connectivity index (χ4n) is 1.92. The van der Waals surface area contributed by atoms with Crippen LogP contribution in [0.3, 0.4) is 0 Å². The van der Waals surface area contributed by atoms with Crippen LogP contribution in [0.4, 0.5) is 5.82 Å². The van der Waals surface area contributed by atoms with Crippen molar-refractivity contribution in [2.24, 2.45) is 13.0 Å². The number of nitrogen functional groups attached to an aromatic ring is 1. The average molecular weight is 287 g/mol. The summed E-state index contributed by atoms with van der Waals surface area (Å²) < 4.78 is 1.60. The fraction of sp³-hybridized carbons (Fsp3) is 0.412. The van der Waals surface area contributed by atoms with E-state index < -0.39 is 0 Å². The second-order valence-electron chi connectivity index (χ2n) is 5.49. The third kappa shape index (κ3) is 5.81. The highest BCUT2D eigenvalue weighted by Gasteiger charge is 2.00. The lowest BCUT2D eigenvalue weighted by atomic mass is 10.0. The molecule has 2 aromatic rings. The van der Waals surface area contributed by atoms with Crippen LogP contribution >= 0.6 is 0 Å². The SMILES string of the molecule is CC(C)Cc1cccnc1N.CCc1ccc(=O)n(C)c1. The standard InChI is InChI=1S/C9H14N2.C8H11NO/c1-7(2)6-8-4-3-5-11-9(8)10;1-3-7-4-5-8(10)9(2)6-7/h3-5,7H,6H2,1-2H3,(H2,10,11);4-6H,3H2,1-2H3. The topological polar surface area (TPSA) is 60.9 Å². The van der Waals surface area contributed by atoms with Crippen LogP contribution < -0.4 is 11.3 Å². The van der Waals surface area contributed by atoms with Crippen molar-refractivity contribution < 1.29 is 0 Å². The molecule has 0 bridgehead atoms. The van der Waals surface area contributed by atoms with Crippen molar-refractivity contribution in [3.05, 3.63) is 58.1 Å². The van der Waals surface area contributed by atoms with Gasteiger partial charge in [-0.25, -0.2) is 4.98 Å². The quantitative estimate of drug-likeness (QED) is 0.944. The average Bonchev–Trinajstić information content (AvgIpc) is 2.45. The molecule has 0 unspecified atom stereocenters. The van der Waals surface area contributed by atoms with E-state index in [9.17, 15) is 4.79 Å². The van der Waals surface area contributed by atoms with E-state index in [-0.39, 0.29) is 5.56 Å². The van der Waals surface area contributed by atoms with Crippen LogP contribution in [0, 0.1) is 5.92 Å². The number of anilines is 1. The van der Waals surface area contributed by atoms with Crippen LogP contribution in [0.1, 0.15) is 31.9 Å². The minimum atomic E-state index is 0.0530. The van der Waals surface area contributed by atoms with E-state index in [0.717, 1.165) is 18.4 Å². The Morgan fingerprint density at radius 2 is 2.00 bits per heavy atom. The van der Waals surface area contributed by atoms with Crippen LogP contribution in [0.25, 0.3) is 0 Å². The van der Waals surface area contributed by atoms with Crippen molar-refractivity contribution in [3.8, 4) is 0 Å². The lowest BCUT2D eigenvalue weighted by Gasteiger charge is -2.05. The van der Waals surface area contributed by atoms with E-state index in [1.165, 1.54) is 5.56 Å². The normalized spacial score (nSPS) is 10.1. The smallest absolute Gasteiger partial charge is 0.250 e. The van der Waals surface area contributed by atoms with Gasteiger partial charge in [-0.3, -0.25) is 4.79 Å². The summed E-state index contributed by atoms with van der Waals surface area (Å²) >= 11 is 0. The molecular weight excluding hydrogens is 262 g/mol. The van der Waals surface area contributed by atoms with Gasteiger partial charge < -0.3 is 10.3 Å². The Labute approximate surface area is 126 Å². The molecule has 0 saturated heterocycles. The van der Waals surface area contributed by atoms with Gasteiger partial charge in [0, 0.05) is 25.5 Å². The monoisotopic (exact) mass is 287 g/mol. The first-order valence-electron chi connectivity index (χ1n) is 7.29. The second kappa shape index (κ2) is 8.25. The van der Waals surface area contributed by atoms with Crippen molar-refractivity contribution in [1.82, 2.24) is 9.55 Å². The molecule has 0 atom stereocenters. The minimum absolute atomic E-state index is 0.0530. The maximum Gasteiger partial charge on any atom is 0.250 e. The molecule has 21 heavy (non-hydrogen) atoms. The molecule has 0 aromatic carbocycles. The van der Waals surface area contributed by atoms with Crippen molar-refractivity contribution >= 4 is 5.82 Å². The Morgan fingerprint density at radius 3 is 2.52 bits per heavy atom. The van der Waals surface area contributed by atoms with Gasteiger partial charge in [0.2, 0.25) is 5.56 Å². The third-order valence-corrected chi connectivity index (χ3v) is 3.11. The van der Waals surface area contributed by atoms with Crippen molar-refractivity contribution in [1.29, 1.82) is 0 Å². The molecule has 0 radical (unpaired) electrons. The van der Waals surface area contributed by atoms with E-state index in [1.807, 2.05) is 24.4 Å². The summed E-state index contributed by atoms with van der Waals surface area (Å²) in [5.41, 5.74) is 8.06. The highest BCUT2D eigenvalue weighted by atomic mass is 16.1. The summed E-state index contributed by atoms with van der Waals surface area (Å²) in [6.45, 7) is 6.42. The van der Waals surface area contributed by atoms with Crippen molar-refractivity contribution in [3.63, 3.8) is 0 Å². The number of nitrogens with two attached hydrogens (primary N) is 1. The Kier molecular flexibility index (Phi) is 6.66. The maximum absolute atomic E-state index is 10.9. The summed E-state index contributed by atoms with van der Waals surface area (Å²) in [5, 5.41) is 0. The first-order chi connectivity index (χ1) is 9.93. The van der Waals surface area contributed by atoms with Crippen LogP contribution in [0.15, 0.2) is 41.5 Å². The molecule has 0 aliphatic heterocycles. The molecule has 4 nitrogen and oxygen atoms in total. The fourth-order valence-corrected chi connectivity index (χ4v) is 1.92. The lowest BCUT2D eigenvalue weighted by molar-refractivity contribution is 0.647. The minimum Gasteiger partial charge on any atom is -0.383 e. The summed E-state index contributed by atoms with van der Waals surface area (Å²) in [6, 6.07) is 7.41. The Balaban J connectivity index is 0.000000211. The maximum atomic E-state index is 10.9. The number of hydrogen-bond donors (Lipinski definition) is 1. The second-order valence-corrected chi connectivity index (χ2v) is 5.49. The van der Waals surface area contributed by atoms with Crippen LogP contribution in [0.5, 0.6) is 0 Å². The Bertz CT molecular complexity index is 617. The van der Waals surface area contributed by atoms with Gasteiger partial charge in [-0.05, 0) is 36.0 Å². The Morgan fingerprint density at radius 1 is 1.29 bits per heavy atom. The van der Waals surface area contributed by atoms with Gasteiger partial charge >= 0.3 is 0 Å². The summed E-state index contributed by atoms with van der Waals surface area (Å²) in [4.78, 5) is 14.9. The third-order valence-electron chi connectivity index (χ3n) is 3.11. The molecule has 0 saturated carbocycles. The number of aromatic nitrogens is 2. The lowest BCUT2D eigenvalue weighted by Crippen LogP contribution is -2.14. The van der Waals surface area contributed by atoms with Crippen LogP contribution in [-0.2, 0) is 19.9 Å². The van der Waals surface area contributed by atoms with Gasteiger partial charge in [0.25, 0.3) is 0 Å². The number of pyridine rings is 2. The van der Waals surface area contributed by atoms with E-state index in [0.29, 0.717) is 11.7 Å².